The van der Waals surface area contributed by atoms with E-state index in [1.54, 1.807) is 20.3 Å². The Morgan fingerprint density at radius 3 is 2.36 bits per heavy atom. The molecule has 1 aromatic heterocycles. The summed E-state index contributed by atoms with van der Waals surface area (Å²) < 4.78 is 27.6. The second-order valence-electron chi connectivity index (χ2n) is 8.67. The summed E-state index contributed by atoms with van der Waals surface area (Å²) in [5.74, 6) is 1.96. The van der Waals surface area contributed by atoms with Crippen molar-refractivity contribution in [3.8, 4) is 11.5 Å². The number of benzene rings is 3. The normalized spacial score (nSPS) is 15.0. The molecule has 9 heteroatoms. The first-order valence-electron chi connectivity index (χ1n) is 11.9. The van der Waals surface area contributed by atoms with Gasteiger partial charge in [-0.3, -0.25) is 4.90 Å². The minimum Gasteiger partial charge on any atom is -0.497 e. The highest BCUT2D eigenvalue weighted by Gasteiger charge is 2.33. The van der Waals surface area contributed by atoms with Crippen molar-refractivity contribution in [2.45, 2.75) is 12.6 Å². The van der Waals surface area contributed by atoms with Gasteiger partial charge in [0.1, 0.15) is 23.4 Å². The van der Waals surface area contributed by atoms with Crippen molar-refractivity contribution in [2.24, 2.45) is 0 Å². The summed E-state index contributed by atoms with van der Waals surface area (Å²) >= 11 is 0. The third kappa shape index (κ3) is 4.87. The largest absolute Gasteiger partial charge is 0.497 e. The third-order valence-corrected chi connectivity index (χ3v) is 6.58. The molecule has 1 aliphatic heterocycles. The molecule has 186 valence electrons. The van der Waals surface area contributed by atoms with Gasteiger partial charge in [0.15, 0.2) is 5.82 Å². The number of piperazine rings is 1. The van der Waals surface area contributed by atoms with E-state index in [0.29, 0.717) is 44.2 Å². The molecule has 2 heterocycles. The lowest BCUT2D eigenvalue weighted by Gasteiger charge is -2.40. The fourth-order valence-electron chi connectivity index (χ4n) is 4.76. The van der Waals surface area contributed by atoms with Crippen molar-refractivity contribution in [2.75, 3.05) is 45.3 Å². The van der Waals surface area contributed by atoms with E-state index < -0.39 is 0 Å². The number of para-hydroxylation sites is 1. The zero-order valence-corrected chi connectivity index (χ0v) is 20.4. The molecule has 36 heavy (non-hydrogen) atoms. The van der Waals surface area contributed by atoms with Gasteiger partial charge in [-0.1, -0.05) is 42.5 Å². The highest BCUT2D eigenvalue weighted by atomic mass is 19.1. The maximum Gasteiger partial charge on any atom is 0.173 e. The van der Waals surface area contributed by atoms with E-state index >= 15 is 0 Å². The van der Waals surface area contributed by atoms with Crippen molar-refractivity contribution in [1.29, 1.82) is 0 Å². The molecule has 0 saturated carbocycles. The van der Waals surface area contributed by atoms with Crippen molar-refractivity contribution in [3.63, 3.8) is 0 Å². The van der Waals surface area contributed by atoms with Gasteiger partial charge in [0.25, 0.3) is 0 Å². The van der Waals surface area contributed by atoms with E-state index in [9.17, 15) is 4.39 Å². The van der Waals surface area contributed by atoms with Gasteiger partial charge < -0.3 is 14.4 Å². The van der Waals surface area contributed by atoms with Crippen LogP contribution in [-0.4, -0.2) is 65.5 Å². The Morgan fingerprint density at radius 1 is 0.889 bits per heavy atom. The van der Waals surface area contributed by atoms with Gasteiger partial charge in [-0.2, -0.15) is 0 Å². The van der Waals surface area contributed by atoms with Crippen LogP contribution in [0.3, 0.4) is 0 Å². The van der Waals surface area contributed by atoms with Crippen LogP contribution in [0.15, 0.2) is 72.8 Å². The van der Waals surface area contributed by atoms with Gasteiger partial charge in [-0.05, 0) is 46.3 Å². The molecular formula is C27H29FN6O2. The Kier molecular flexibility index (Phi) is 7.08. The first-order chi connectivity index (χ1) is 17.7. The average Bonchev–Trinajstić information content (AvgIpc) is 3.37. The summed E-state index contributed by atoms with van der Waals surface area (Å²) in [4.78, 5) is 4.40. The van der Waals surface area contributed by atoms with E-state index in [2.05, 4.69) is 37.5 Å². The number of methoxy groups -OCH3 is 2. The number of nitrogens with zero attached hydrogens (tertiary/aromatic N) is 6. The summed E-state index contributed by atoms with van der Waals surface area (Å²) in [5, 5.41) is 12.8. The van der Waals surface area contributed by atoms with Crippen LogP contribution in [0, 0.1) is 5.82 Å². The number of hydrogen-bond acceptors (Lipinski definition) is 7. The highest BCUT2D eigenvalue weighted by Crippen LogP contribution is 2.37. The van der Waals surface area contributed by atoms with Gasteiger partial charge >= 0.3 is 0 Å². The maximum absolute atomic E-state index is 14.4. The number of anilines is 1. The highest BCUT2D eigenvalue weighted by molar-refractivity contribution is 5.49. The third-order valence-electron chi connectivity index (χ3n) is 6.58. The molecular weight excluding hydrogens is 459 g/mol. The van der Waals surface area contributed by atoms with Gasteiger partial charge in [0.2, 0.25) is 0 Å². The van der Waals surface area contributed by atoms with E-state index in [1.165, 1.54) is 6.07 Å². The average molecular weight is 489 g/mol. The fraction of sp³-hybridized carbons (Fsp3) is 0.296. The molecule has 1 saturated heterocycles. The zero-order valence-electron chi connectivity index (χ0n) is 20.4. The second-order valence-corrected chi connectivity index (χ2v) is 8.67. The lowest BCUT2D eigenvalue weighted by Crippen LogP contribution is -2.48. The molecule has 0 N–H and O–H groups in total. The molecule has 1 aliphatic rings. The predicted molar refractivity (Wildman–Crippen MR) is 135 cm³/mol. The van der Waals surface area contributed by atoms with Crippen molar-refractivity contribution in [3.05, 3.63) is 95.6 Å². The molecule has 8 nitrogen and oxygen atoms in total. The maximum atomic E-state index is 14.4. The van der Waals surface area contributed by atoms with Crippen molar-refractivity contribution >= 4 is 5.69 Å². The van der Waals surface area contributed by atoms with Crippen molar-refractivity contribution < 1.29 is 13.9 Å². The molecule has 1 atom stereocenters. The number of tetrazole rings is 1. The Labute approximate surface area is 209 Å². The summed E-state index contributed by atoms with van der Waals surface area (Å²) in [6.07, 6.45) is 0. The van der Waals surface area contributed by atoms with Gasteiger partial charge in [-0.15, -0.1) is 5.10 Å². The summed E-state index contributed by atoms with van der Waals surface area (Å²) in [7, 11) is 3.30. The number of hydrogen-bond donors (Lipinski definition) is 0. The molecule has 0 bridgehead atoms. The molecule has 0 unspecified atom stereocenters. The van der Waals surface area contributed by atoms with Gasteiger partial charge in [0.05, 0.1) is 26.5 Å². The minimum absolute atomic E-state index is 0.205. The van der Waals surface area contributed by atoms with Crippen LogP contribution in [0.2, 0.25) is 0 Å². The van der Waals surface area contributed by atoms with E-state index in [1.807, 2.05) is 53.2 Å². The monoisotopic (exact) mass is 488 g/mol. The first kappa shape index (κ1) is 23.7. The Bertz CT molecular complexity index is 1290. The lowest BCUT2D eigenvalue weighted by molar-refractivity contribution is 0.197. The van der Waals surface area contributed by atoms with Crippen LogP contribution < -0.4 is 14.4 Å². The zero-order chi connectivity index (χ0) is 24.9. The number of rotatable bonds is 8. The quantitative estimate of drug-likeness (QED) is 0.374. The van der Waals surface area contributed by atoms with E-state index in [0.717, 1.165) is 22.6 Å². The van der Waals surface area contributed by atoms with Crippen LogP contribution in [-0.2, 0) is 6.54 Å². The fourth-order valence-corrected chi connectivity index (χ4v) is 4.76. The molecule has 0 spiro atoms. The molecule has 3 aromatic carbocycles. The summed E-state index contributed by atoms with van der Waals surface area (Å²) in [5.41, 5.74) is 2.65. The van der Waals surface area contributed by atoms with E-state index in [4.69, 9.17) is 9.47 Å². The molecule has 1 fully saturated rings. The smallest absolute Gasteiger partial charge is 0.173 e. The second kappa shape index (κ2) is 10.7. The predicted octanol–water partition coefficient (Wildman–Crippen LogP) is 3.79. The molecule has 0 radical (unpaired) electrons. The van der Waals surface area contributed by atoms with Crippen molar-refractivity contribution in [1.82, 2.24) is 25.1 Å². The lowest BCUT2D eigenvalue weighted by atomic mass is 10.0. The van der Waals surface area contributed by atoms with Crippen LogP contribution in [0.4, 0.5) is 10.1 Å². The van der Waals surface area contributed by atoms with Crippen LogP contribution in [0.1, 0.15) is 23.0 Å². The first-order valence-corrected chi connectivity index (χ1v) is 11.9. The minimum atomic E-state index is -0.281. The standard InChI is InChI=1S/C27H29FN6O2/c1-35-21-12-13-25(36-2)22(18-21)26(27-29-30-31-34(27)19-20-8-4-3-5-9-20)33-16-14-32(15-17-33)24-11-7-6-10-23(24)28/h3-13,18,26H,14-17,19H2,1-2H3/t26-/m1/s1. The molecule has 0 aliphatic carbocycles. The number of halogens is 1. The molecule has 4 aromatic rings. The number of ether oxygens (including phenoxy) is 2. The number of aromatic nitrogens is 4. The topological polar surface area (TPSA) is 68.5 Å². The Hall–Kier alpha value is -3.98. The van der Waals surface area contributed by atoms with E-state index in [-0.39, 0.29) is 11.9 Å². The summed E-state index contributed by atoms with van der Waals surface area (Å²) in [6.45, 7) is 3.27. The molecule has 5 rings (SSSR count). The SMILES string of the molecule is COc1ccc(OC)c([C@H](c2nnnn2Cc2ccccc2)N2CCN(c3ccccc3F)CC2)c1. The Morgan fingerprint density at radius 2 is 1.64 bits per heavy atom. The van der Waals surface area contributed by atoms with Crippen LogP contribution in [0.25, 0.3) is 0 Å². The van der Waals surface area contributed by atoms with Crippen LogP contribution >= 0.6 is 0 Å². The summed E-state index contributed by atoms with van der Waals surface area (Å²) in [6, 6.07) is 22.5. The molecule has 0 amide bonds. The van der Waals surface area contributed by atoms with Gasteiger partial charge in [0, 0.05) is 31.7 Å². The van der Waals surface area contributed by atoms with Gasteiger partial charge in [-0.25, -0.2) is 9.07 Å². The van der Waals surface area contributed by atoms with Crippen LogP contribution in [0.5, 0.6) is 11.5 Å². The Balaban J connectivity index is 1.50.